The van der Waals surface area contributed by atoms with Crippen molar-refractivity contribution >= 4 is 29.4 Å². The van der Waals surface area contributed by atoms with Crippen LogP contribution in [0.2, 0.25) is 5.02 Å². The van der Waals surface area contributed by atoms with Crippen molar-refractivity contribution < 1.29 is 19.1 Å². The molecule has 29 heavy (non-hydrogen) atoms. The van der Waals surface area contributed by atoms with Crippen LogP contribution in [0.5, 0.6) is 11.5 Å². The smallest absolute Gasteiger partial charge is 0.343 e. The number of carbonyl (C=O) groups excluding carboxylic acids is 2. The molecule has 0 bridgehead atoms. The third-order valence-electron chi connectivity index (χ3n) is 4.61. The zero-order valence-electron chi connectivity index (χ0n) is 15.9. The third-order valence-corrected chi connectivity index (χ3v) is 4.86. The molecule has 0 aromatic heterocycles. The maximum absolute atomic E-state index is 12.7. The van der Waals surface area contributed by atoms with E-state index in [4.69, 9.17) is 21.1 Å². The molecule has 0 saturated heterocycles. The van der Waals surface area contributed by atoms with Gasteiger partial charge in [0.05, 0.1) is 11.1 Å². The standard InChI is InChI=1S/C24H17ClO4/c1-14-3-7-17(8-4-14)24(27)28-19-11-15(2)22-20(13-19)29-21(23(22)26)12-16-5-9-18(25)10-6-16/h3-13H,1-2H3/b21-12-. The van der Waals surface area contributed by atoms with E-state index in [1.54, 1.807) is 61.5 Å². The first-order valence-corrected chi connectivity index (χ1v) is 9.42. The van der Waals surface area contributed by atoms with Crippen LogP contribution in [-0.2, 0) is 0 Å². The van der Waals surface area contributed by atoms with Crippen molar-refractivity contribution in [1.82, 2.24) is 0 Å². The van der Waals surface area contributed by atoms with Gasteiger partial charge in [-0.1, -0.05) is 41.4 Å². The lowest BCUT2D eigenvalue weighted by molar-refractivity contribution is 0.0734. The fraction of sp³-hybridized carbons (Fsp3) is 0.0833. The lowest BCUT2D eigenvalue weighted by Gasteiger charge is -2.08. The van der Waals surface area contributed by atoms with Crippen molar-refractivity contribution in [3.63, 3.8) is 0 Å². The van der Waals surface area contributed by atoms with E-state index in [9.17, 15) is 9.59 Å². The highest BCUT2D eigenvalue weighted by atomic mass is 35.5. The van der Waals surface area contributed by atoms with Crippen LogP contribution in [0.25, 0.3) is 6.08 Å². The molecule has 4 nitrogen and oxygen atoms in total. The molecule has 0 N–H and O–H groups in total. The van der Waals surface area contributed by atoms with Gasteiger partial charge in [0.25, 0.3) is 0 Å². The number of esters is 1. The van der Waals surface area contributed by atoms with Gasteiger partial charge in [0.1, 0.15) is 11.5 Å². The van der Waals surface area contributed by atoms with E-state index in [-0.39, 0.29) is 11.5 Å². The summed E-state index contributed by atoms with van der Waals surface area (Å²) in [4.78, 5) is 25.1. The van der Waals surface area contributed by atoms with Crippen LogP contribution >= 0.6 is 11.6 Å². The molecule has 3 aromatic carbocycles. The lowest BCUT2D eigenvalue weighted by atomic mass is 10.0. The summed E-state index contributed by atoms with van der Waals surface area (Å²) in [6.45, 7) is 3.73. The molecule has 0 amide bonds. The van der Waals surface area contributed by atoms with Gasteiger partial charge >= 0.3 is 5.97 Å². The molecule has 0 aliphatic carbocycles. The summed E-state index contributed by atoms with van der Waals surface area (Å²) in [7, 11) is 0. The Morgan fingerprint density at radius 1 is 1.00 bits per heavy atom. The van der Waals surface area contributed by atoms with Crippen LogP contribution in [0.15, 0.2) is 66.4 Å². The number of Topliss-reactive ketones (excluding diaryl/α,β-unsaturated/α-hetero) is 1. The Labute approximate surface area is 173 Å². The van der Waals surface area contributed by atoms with Gasteiger partial charge in [0.15, 0.2) is 5.76 Å². The second-order valence-electron chi connectivity index (χ2n) is 6.86. The zero-order chi connectivity index (χ0) is 20.5. The predicted molar refractivity (Wildman–Crippen MR) is 112 cm³/mol. The highest BCUT2D eigenvalue weighted by Gasteiger charge is 2.30. The molecule has 1 aliphatic heterocycles. The van der Waals surface area contributed by atoms with E-state index in [1.165, 1.54) is 0 Å². The molecule has 0 saturated carbocycles. The number of carbonyl (C=O) groups is 2. The first kappa shape index (κ1) is 19.0. The summed E-state index contributed by atoms with van der Waals surface area (Å²) in [5, 5.41) is 0.616. The van der Waals surface area contributed by atoms with E-state index in [0.717, 1.165) is 11.1 Å². The zero-order valence-corrected chi connectivity index (χ0v) is 16.6. The highest BCUT2D eigenvalue weighted by Crippen LogP contribution is 2.37. The quantitative estimate of drug-likeness (QED) is 0.315. The average Bonchev–Trinajstić information content (AvgIpc) is 3.00. The minimum absolute atomic E-state index is 0.205. The number of ether oxygens (including phenoxy) is 2. The molecular formula is C24H17ClO4. The molecule has 4 rings (SSSR count). The van der Waals surface area contributed by atoms with E-state index in [2.05, 4.69) is 0 Å². The summed E-state index contributed by atoms with van der Waals surface area (Å²) in [5.41, 5.74) is 3.46. The van der Waals surface area contributed by atoms with Crippen LogP contribution < -0.4 is 9.47 Å². The van der Waals surface area contributed by atoms with E-state index >= 15 is 0 Å². The average molecular weight is 405 g/mol. The predicted octanol–water partition coefficient (Wildman–Crippen LogP) is 5.79. The van der Waals surface area contributed by atoms with E-state index in [1.807, 2.05) is 19.1 Å². The summed E-state index contributed by atoms with van der Waals surface area (Å²) in [6.07, 6.45) is 1.66. The molecule has 0 fully saturated rings. The molecule has 3 aromatic rings. The summed E-state index contributed by atoms with van der Waals surface area (Å²) < 4.78 is 11.2. The van der Waals surface area contributed by atoms with Gasteiger partial charge in [-0.2, -0.15) is 0 Å². The number of fused-ring (bicyclic) bond motifs is 1. The largest absolute Gasteiger partial charge is 0.452 e. The normalized spacial score (nSPS) is 13.9. The molecule has 0 spiro atoms. The third kappa shape index (κ3) is 3.93. The minimum Gasteiger partial charge on any atom is -0.452 e. The fourth-order valence-electron chi connectivity index (χ4n) is 3.10. The Morgan fingerprint density at radius 3 is 2.38 bits per heavy atom. The summed E-state index contributed by atoms with van der Waals surface area (Å²) in [5.74, 6) is 0.246. The number of halogens is 1. The Hall–Kier alpha value is -3.37. The topological polar surface area (TPSA) is 52.6 Å². The molecular weight excluding hydrogens is 388 g/mol. The van der Waals surface area contributed by atoms with Crippen molar-refractivity contribution in [2.45, 2.75) is 13.8 Å². The lowest BCUT2D eigenvalue weighted by Crippen LogP contribution is -2.08. The Morgan fingerprint density at radius 2 is 1.69 bits per heavy atom. The SMILES string of the molecule is Cc1ccc(C(=O)Oc2cc(C)c3c(c2)O/C(=C\c2ccc(Cl)cc2)C3=O)cc1. The number of ketones is 1. The Kier molecular flexibility index (Phi) is 4.95. The van der Waals surface area contributed by atoms with Gasteiger partial charge in [-0.15, -0.1) is 0 Å². The second kappa shape index (κ2) is 7.57. The van der Waals surface area contributed by atoms with Crippen molar-refractivity contribution in [3.05, 3.63) is 99.3 Å². The van der Waals surface area contributed by atoms with Gasteiger partial charge < -0.3 is 9.47 Å². The fourth-order valence-corrected chi connectivity index (χ4v) is 3.23. The molecule has 0 atom stereocenters. The van der Waals surface area contributed by atoms with Crippen LogP contribution in [0.3, 0.4) is 0 Å². The molecule has 144 valence electrons. The van der Waals surface area contributed by atoms with Crippen molar-refractivity contribution in [2.24, 2.45) is 0 Å². The van der Waals surface area contributed by atoms with Gasteiger partial charge in [-0.3, -0.25) is 4.79 Å². The molecule has 1 heterocycles. The monoisotopic (exact) mass is 404 g/mol. The van der Waals surface area contributed by atoms with Crippen molar-refractivity contribution in [2.75, 3.05) is 0 Å². The summed E-state index contributed by atoms with van der Waals surface area (Å²) in [6, 6.07) is 17.4. The number of hydrogen-bond donors (Lipinski definition) is 0. The Bertz CT molecular complexity index is 1140. The molecule has 0 unspecified atom stereocenters. The van der Waals surface area contributed by atoms with Gasteiger partial charge in [-0.05, 0) is 61.4 Å². The Balaban J connectivity index is 1.59. The van der Waals surface area contributed by atoms with E-state index < -0.39 is 5.97 Å². The van der Waals surface area contributed by atoms with Gasteiger partial charge in [-0.25, -0.2) is 4.79 Å². The minimum atomic E-state index is -0.467. The number of hydrogen-bond acceptors (Lipinski definition) is 4. The molecule has 0 radical (unpaired) electrons. The van der Waals surface area contributed by atoms with Gasteiger partial charge in [0, 0.05) is 11.1 Å². The first-order chi connectivity index (χ1) is 13.9. The number of aryl methyl sites for hydroxylation is 2. The molecule has 1 aliphatic rings. The van der Waals surface area contributed by atoms with Crippen LogP contribution in [0, 0.1) is 13.8 Å². The number of allylic oxidation sites excluding steroid dienone is 1. The maximum Gasteiger partial charge on any atom is 0.343 e. The first-order valence-electron chi connectivity index (χ1n) is 9.04. The number of benzene rings is 3. The van der Waals surface area contributed by atoms with Crippen LogP contribution in [0.4, 0.5) is 0 Å². The van der Waals surface area contributed by atoms with Crippen LogP contribution in [-0.4, -0.2) is 11.8 Å². The highest BCUT2D eigenvalue weighted by molar-refractivity contribution is 6.30. The van der Waals surface area contributed by atoms with Crippen LogP contribution in [0.1, 0.15) is 37.4 Å². The van der Waals surface area contributed by atoms with Crippen molar-refractivity contribution in [1.29, 1.82) is 0 Å². The van der Waals surface area contributed by atoms with Crippen molar-refractivity contribution in [3.8, 4) is 11.5 Å². The van der Waals surface area contributed by atoms with E-state index in [0.29, 0.717) is 33.2 Å². The second-order valence-corrected chi connectivity index (χ2v) is 7.30. The summed E-state index contributed by atoms with van der Waals surface area (Å²) >= 11 is 5.90. The molecule has 5 heteroatoms. The number of rotatable bonds is 3. The maximum atomic E-state index is 12.7. The van der Waals surface area contributed by atoms with Gasteiger partial charge in [0.2, 0.25) is 5.78 Å².